The third-order valence-corrected chi connectivity index (χ3v) is 8.14. The maximum absolute atomic E-state index is 11.7. The van der Waals surface area contributed by atoms with Crippen LogP contribution in [0.25, 0.3) is 10.9 Å². The summed E-state index contributed by atoms with van der Waals surface area (Å²) < 4.78 is 25.0. The smallest absolute Gasteiger partial charge is 0.223 e. The summed E-state index contributed by atoms with van der Waals surface area (Å²) in [7, 11) is -0.919. The summed E-state index contributed by atoms with van der Waals surface area (Å²) in [5.41, 5.74) is 2.63. The van der Waals surface area contributed by atoms with Gasteiger partial charge in [-0.3, -0.25) is 0 Å². The highest BCUT2D eigenvalue weighted by molar-refractivity contribution is 7.88. The third kappa shape index (κ3) is 3.74. The second-order valence-electron chi connectivity index (χ2n) is 9.33. The van der Waals surface area contributed by atoms with E-state index >= 15 is 0 Å². The molecular formula is C21H30N6O2S. The first-order valence-corrected chi connectivity index (χ1v) is 12.6. The maximum atomic E-state index is 11.7. The van der Waals surface area contributed by atoms with Crippen LogP contribution in [0.5, 0.6) is 0 Å². The second kappa shape index (κ2) is 7.32. The van der Waals surface area contributed by atoms with Crippen LogP contribution in [0, 0.1) is 5.41 Å². The predicted molar refractivity (Wildman–Crippen MR) is 119 cm³/mol. The van der Waals surface area contributed by atoms with Gasteiger partial charge >= 0.3 is 0 Å². The molecular weight excluding hydrogens is 400 g/mol. The molecule has 0 radical (unpaired) electrons. The molecule has 1 aromatic carbocycles. The van der Waals surface area contributed by atoms with E-state index < -0.39 is 10.0 Å². The Bertz CT molecular complexity index is 1040. The van der Waals surface area contributed by atoms with Crippen LogP contribution in [0.3, 0.4) is 0 Å². The molecule has 8 nitrogen and oxygen atoms in total. The number of hydrogen-bond acceptors (Lipinski definition) is 7. The van der Waals surface area contributed by atoms with Gasteiger partial charge in [0.2, 0.25) is 16.0 Å². The van der Waals surface area contributed by atoms with Gasteiger partial charge in [0.1, 0.15) is 0 Å². The minimum absolute atomic E-state index is 0.188. The largest absolute Gasteiger partial charge is 0.369 e. The van der Waals surface area contributed by atoms with Crippen molar-refractivity contribution >= 4 is 32.6 Å². The van der Waals surface area contributed by atoms with Crippen molar-refractivity contribution in [2.45, 2.75) is 25.3 Å². The van der Waals surface area contributed by atoms with E-state index in [0.29, 0.717) is 24.5 Å². The van der Waals surface area contributed by atoms with Gasteiger partial charge in [0.05, 0.1) is 17.5 Å². The summed E-state index contributed by atoms with van der Waals surface area (Å²) in [5.74, 6) is 0.630. The van der Waals surface area contributed by atoms with Crippen LogP contribution in [-0.2, 0) is 10.0 Å². The monoisotopic (exact) mass is 430 g/mol. The van der Waals surface area contributed by atoms with Crippen molar-refractivity contribution in [3.05, 3.63) is 24.4 Å². The summed E-state index contributed by atoms with van der Waals surface area (Å²) in [4.78, 5) is 14.3. The molecule has 0 bridgehead atoms. The Morgan fingerprint density at radius 3 is 2.60 bits per heavy atom. The molecule has 3 aliphatic heterocycles. The topological polar surface area (TPSA) is 81.7 Å². The van der Waals surface area contributed by atoms with Crippen molar-refractivity contribution in [1.29, 1.82) is 0 Å². The lowest BCUT2D eigenvalue weighted by atomic mass is 9.79. The van der Waals surface area contributed by atoms with Crippen molar-refractivity contribution in [3.8, 4) is 0 Å². The highest BCUT2D eigenvalue weighted by Crippen LogP contribution is 2.41. The quantitative estimate of drug-likeness (QED) is 0.789. The number of anilines is 2. The van der Waals surface area contributed by atoms with Crippen molar-refractivity contribution in [1.82, 2.24) is 19.2 Å². The van der Waals surface area contributed by atoms with Crippen LogP contribution >= 0.6 is 0 Å². The number of fused-ring (bicyclic) bond motifs is 1. The van der Waals surface area contributed by atoms with Gasteiger partial charge in [0.25, 0.3) is 0 Å². The molecule has 0 atom stereocenters. The molecule has 4 heterocycles. The summed E-state index contributed by atoms with van der Waals surface area (Å²) in [6.45, 7) is 5.61. The molecule has 1 N–H and O–H groups in total. The zero-order valence-corrected chi connectivity index (χ0v) is 18.5. The normalized spacial score (nSPS) is 23.2. The van der Waals surface area contributed by atoms with Gasteiger partial charge in [-0.15, -0.1) is 0 Å². The zero-order chi connectivity index (χ0) is 20.9. The Morgan fingerprint density at radius 2 is 1.90 bits per heavy atom. The number of nitrogens with zero attached hydrogens (tertiary/aromatic N) is 5. The Kier molecular flexibility index (Phi) is 4.87. The Hall–Kier alpha value is -1.97. The van der Waals surface area contributed by atoms with Crippen molar-refractivity contribution in [2.24, 2.45) is 5.41 Å². The molecule has 0 unspecified atom stereocenters. The SMILES string of the molecule is CN1CC2(CCN(c3cccc4cnc(NC5CCN(S(C)(=O)=O)CC5)nc34)C2)C1. The molecule has 0 saturated carbocycles. The highest BCUT2D eigenvalue weighted by atomic mass is 32.2. The van der Waals surface area contributed by atoms with E-state index in [1.165, 1.54) is 31.5 Å². The van der Waals surface area contributed by atoms with E-state index in [1.54, 1.807) is 4.31 Å². The van der Waals surface area contributed by atoms with Crippen LogP contribution < -0.4 is 10.2 Å². The molecule has 162 valence electrons. The zero-order valence-electron chi connectivity index (χ0n) is 17.7. The van der Waals surface area contributed by atoms with Gasteiger partial charge < -0.3 is 15.1 Å². The third-order valence-electron chi connectivity index (χ3n) is 6.84. The Morgan fingerprint density at radius 1 is 1.13 bits per heavy atom. The number of sulfonamides is 1. The molecule has 1 spiro atoms. The van der Waals surface area contributed by atoms with Gasteiger partial charge in [0.15, 0.2) is 0 Å². The number of aromatic nitrogens is 2. The molecule has 3 fully saturated rings. The number of likely N-dealkylation sites (tertiary alicyclic amines) is 1. The first-order valence-electron chi connectivity index (χ1n) is 10.7. The van der Waals surface area contributed by atoms with Gasteiger partial charge in [-0.2, -0.15) is 0 Å². The fraction of sp³-hybridized carbons (Fsp3) is 0.619. The van der Waals surface area contributed by atoms with E-state index in [0.717, 1.165) is 36.8 Å². The summed E-state index contributed by atoms with van der Waals surface area (Å²) in [5, 5.41) is 4.49. The number of para-hydroxylation sites is 1. The fourth-order valence-corrected chi connectivity index (χ4v) is 6.25. The molecule has 3 saturated heterocycles. The van der Waals surface area contributed by atoms with Crippen LogP contribution in [-0.4, -0.2) is 86.2 Å². The molecule has 5 rings (SSSR count). The second-order valence-corrected chi connectivity index (χ2v) is 11.3. The van der Waals surface area contributed by atoms with Gasteiger partial charge in [-0.25, -0.2) is 22.7 Å². The van der Waals surface area contributed by atoms with Crippen molar-refractivity contribution in [2.75, 3.05) is 62.8 Å². The minimum Gasteiger partial charge on any atom is -0.369 e. The van der Waals surface area contributed by atoms with Gasteiger partial charge in [-0.1, -0.05) is 12.1 Å². The van der Waals surface area contributed by atoms with Crippen LogP contribution in [0.15, 0.2) is 24.4 Å². The molecule has 9 heteroatoms. The lowest BCUT2D eigenvalue weighted by Crippen LogP contribution is -2.55. The van der Waals surface area contributed by atoms with Crippen molar-refractivity contribution < 1.29 is 8.42 Å². The van der Waals surface area contributed by atoms with E-state index in [9.17, 15) is 8.42 Å². The number of rotatable bonds is 4. The van der Waals surface area contributed by atoms with E-state index in [4.69, 9.17) is 4.98 Å². The first kappa shape index (κ1) is 20.0. The number of hydrogen-bond donors (Lipinski definition) is 1. The molecule has 1 aromatic heterocycles. The lowest BCUT2D eigenvalue weighted by molar-refractivity contribution is 0.0424. The summed E-state index contributed by atoms with van der Waals surface area (Å²) in [6, 6.07) is 6.52. The number of benzene rings is 1. The molecule has 0 aliphatic carbocycles. The molecule has 30 heavy (non-hydrogen) atoms. The predicted octanol–water partition coefficient (Wildman–Crippen LogP) is 1.61. The van der Waals surface area contributed by atoms with Crippen molar-refractivity contribution in [3.63, 3.8) is 0 Å². The Balaban J connectivity index is 1.33. The standard InChI is InChI=1S/C21H30N6O2S/c1-25-13-21(14-25)8-11-26(15-21)18-5-3-4-16-12-22-20(24-19(16)18)23-17-6-9-27(10-7-17)30(2,28)29/h3-5,12,17H,6-11,13-15H2,1-2H3,(H,22,23,24). The average Bonchev–Trinajstić information content (AvgIpc) is 3.12. The fourth-order valence-electron chi connectivity index (χ4n) is 5.38. The molecule has 2 aromatic rings. The summed E-state index contributed by atoms with van der Waals surface area (Å²) >= 11 is 0. The van der Waals surface area contributed by atoms with Crippen LogP contribution in [0.2, 0.25) is 0 Å². The number of piperidine rings is 1. The van der Waals surface area contributed by atoms with Crippen LogP contribution in [0.1, 0.15) is 19.3 Å². The highest BCUT2D eigenvalue weighted by Gasteiger charge is 2.46. The Labute approximate surface area is 178 Å². The number of nitrogens with one attached hydrogen (secondary N) is 1. The van der Waals surface area contributed by atoms with E-state index in [2.05, 4.69) is 45.3 Å². The molecule has 0 amide bonds. The summed E-state index contributed by atoms with van der Waals surface area (Å²) in [6.07, 6.45) is 5.93. The molecule has 3 aliphatic rings. The van der Waals surface area contributed by atoms with E-state index in [-0.39, 0.29) is 6.04 Å². The first-order chi connectivity index (χ1) is 14.3. The van der Waals surface area contributed by atoms with E-state index in [1.807, 2.05) is 6.20 Å². The van der Waals surface area contributed by atoms with Gasteiger partial charge in [0, 0.05) is 62.3 Å². The lowest BCUT2D eigenvalue weighted by Gasteiger charge is -2.46. The van der Waals surface area contributed by atoms with Gasteiger partial charge in [-0.05, 0) is 32.4 Å². The minimum atomic E-state index is -3.11. The van der Waals surface area contributed by atoms with Crippen LogP contribution in [0.4, 0.5) is 11.6 Å². The average molecular weight is 431 g/mol. The maximum Gasteiger partial charge on any atom is 0.223 e.